The Morgan fingerprint density at radius 3 is 2.48 bits per heavy atom. The zero-order valence-corrected chi connectivity index (χ0v) is 18.6. The van der Waals surface area contributed by atoms with Crippen LogP contribution in [-0.2, 0) is 17.8 Å². The summed E-state index contributed by atoms with van der Waals surface area (Å²) >= 11 is 0. The summed E-state index contributed by atoms with van der Waals surface area (Å²) in [6.07, 6.45) is 2.41. The number of nitrogens with one attached hydrogen (secondary N) is 1. The third-order valence-corrected chi connectivity index (χ3v) is 5.29. The zero-order valence-electron chi connectivity index (χ0n) is 18.6. The van der Waals surface area contributed by atoms with E-state index in [0.29, 0.717) is 22.4 Å². The molecule has 0 radical (unpaired) electrons. The fourth-order valence-electron chi connectivity index (χ4n) is 3.58. The summed E-state index contributed by atoms with van der Waals surface area (Å²) in [5, 5.41) is 7.06. The van der Waals surface area contributed by atoms with Crippen molar-refractivity contribution in [3.63, 3.8) is 0 Å². The highest BCUT2D eigenvalue weighted by Gasteiger charge is 2.34. The van der Waals surface area contributed by atoms with Crippen molar-refractivity contribution in [2.45, 2.75) is 20.0 Å². The maximum atomic E-state index is 12.9. The predicted octanol–water partition coefficient (Wildman–Crippen LogP) is 2.76. The van der Waals surface area contributed by atoms with Crippen molar-refractivity contribution in [1.29, 1.82) is 0 Å². The van der Waals surface area contributed by atoms with Gasteiger partial charge in [-0.1, -0.05) is 0 Å². The highest BCUT2D eigenvalue weighted by atomic mass is 16.6. The van der Waals surface area contributed by atoms with Crippen LogP contribution >= 0.6 is 0 Å². The Hall–Kier alpha value is -4.21. The molecule has 3 aromatic rings. The number of pyridine rings is 1. The Bertz CT molecular complexity index is 1190. The van der Waals surface area contributed by atoms with Gasteiger partial charge in [-0.05, 0) is 43.3 Å². The summed E-state index contributed by atoms with van der Waals surface area (Å²) in [5.74, 6) is -0.374. The van der Waals surface area contributed by atoms with Gasteiger partial charge in [-0.25, -0.2) is 4.79 Å². The number of amides is 2. The van der Waals surface area contributed by atoms with Crippen LogP contribution in [0.15, 0.2) is 48.8 Å². The molecule has 0 saturated heterocycles. The summed E-state index contributed by atoms with van der Waals surface area (Å²) in [7, 11) is 3.83. The minimum absolute atomic E-state index is 0.155. The summed E-state index contributed by atoms with van der Waals surface area (Å²) < 4.78 is 6.21. The van der Waals surface area contributed by atoms with Crippen molar-refractivity contribution < 1.29 is 19.1 Å². The molecule has 1 aliphatic rings. The van der Waals surface area contributed by atoms with Gasteiger partial charge in [0, 0.05) is 43.3 Å². The first-order valence-electron chi connectivity index (χ1n) is 10.4. The van der Waals surface area contributed by atoms with Crippen molar-refractivity contribution in [3.8, 4) is 0 Å². The molecule has 1 aromatic carbocycles. The van der Waals surface area contributed by atoms with E-state index in [1.165, 1.54) is 6.20 Å². The topological polar surface area (TPSA) is 110 Å². The van der Waals surface area contributed by atoms with Crippen LogP contribution in [0.5, 0.6) is 0 Å². The molecule has 0 bridgehead atoms. The van der Waals surface area contributed by atoms with Crippen molar-refractivity contribution in [2.75, 3.05) is 30.9 Å². The molecule has 2 aromatic heterocycles. The third-order valence-electron chi connectivity index (χ3n) is 5.29. The largest absolute Gasteiger partial charge is 0.448 e. The second kappa shape index (κ2) is 9.11. The molecule has 10 heteroatoms. The first-order chi connectivity index (χ1) is 15.9. The Kier molecular flexibility index (Phi) is 6.07. The van der Waals surface area contributed by atoms with Crippen molar-refractivity contribution in [1.82, 2.24) is 19.7 Å². The van der Waals surface area contributed by atoms with Gasteiger partial charge in [0.05, 0.1) is 31.0 Å². The van der Waals surface area contributed by atoms with E-state index in [1.54, 1.807) is 42.3 Å². The normalized spacial score (nSPS) is 12.3. The molecule has 2 amide bonds. The number of nitrogens with zero attached hydrogens (tertiary/aromatic N) is 5. The fourth-order valence-corrected chi connectivity index (χ4v) is 3.58. The van der Waals surface area contributed by atoms with E-state index < -0.39 is 6.09 Å². The number of rotatable bonds is 5. The SMILES string of the molecule is CCOC(=O)n1nc(NC(=O)c2ccc(N(C)C)cc2)c2c1CN(C(=O)c1cccnc1)C2. The minimum Gasteiger partial charge on any atom is -0.448 e. The molecule has 0 atom stereocenters. The molecule has 3 heterocycles. The van der Waals surface area contributed by atoms with Crippen LogP contribution in [0.25, 0.3) is 0 Å². The van der Waals surface area contributed by atoms with Gasteiger partial charge in [0.15, 0.2) is 5.82 Å². The molecule has 33 heavy (non-hydrogen) atoms. The van der Waals surface area contributed by atoms with Crippen LogP contribution < -0.4 is 10.2 Å². The predicted molar refractivity (Wildman–Crippen MR) is 121 cm³/mol. The first-order valence-corrected chi connectivity index (χ1v) is 10.4. The van der Waals surface area contributed by atoms with Gasteiger partial charge in [0.25, 0.3) is 11.8 Å². The molecule has 1 N–H and O–H groups in total. The van der Waals surface area contributed by atoms with E-state index in [9.17, 15) is 14.4 Å². The average Bonchev–Trinajstić information content (AvgIpc) is 3.40. The summed E-state index contributed by atoms with van der Waals surface area (Å²) in [6.45, 7) is 2.21. The van der Waals surface area contributed by atoms with E-state index in [0.717, 1.165) is 10.4 Å². The van der Waals surface area contributed by atoms with Crippen molar-refractivity contribution in [3.05, 3.63) is 71.2 Å². The molecular weight excluding hydrogens is 424 g/mol. The summed E-state index contributed by atoms with van der Waals surface area (Å²) in [6, 6.07) is 10.5. The average molecular weight is 448 g/mol. The van der Waals surface area contributed by atoms with Gasteiger partial charge in [-0.2, -0.15) is 4.68 Å². The minimum atomic E-state index is -0.666. The standard InChI is InChI=1S/C23H24N6O4/c1-4-33-23(32)29-19-14-28(22(31)16-6-5-11-24-12-16)13-18(19)20(26-29)25-21(30)15-7-9-17(10-8-15)27(2)3/h5-12H,4,13-14H2,1-3H3,(H,25,26,30). The van der Waals surface area contributed by atoms with Crippen molar-refractivity contribution >= 4 is 29.4 Å². The van der Waals surface area contributed by atoms with Gasteiger partial charge in [-0.3, -0.25) is 14.6 Å². The van der Waals surface area contributed by atoms with E-state index in [1.807, 2.05) is 31.1 Å². The number of ether oxygens (including phenoxy) is 1. The molecule has 0 fully saturated rings. The van der Waals surface area contributed by atoms with Crippen LogP contribution in [0.1, 0.15) is 38.9 Å². The van der Waals surface area contributed by atoms with Gasteiger partial charge >= 0.3 is 6.09 Å². The molecule has 1 aliphatic heterocycles. The second-order valence-corrected chi connectivity index (χ2v) is 7.68. The van der Waals surface area contributed by atoms with E-state index in [4.69, 9.17) is 4.74 Å². The number of hydrogen-bond donors (Lipinski definition) is 1. The lowest BCUT2D eigenvalue weighted by Crippen LogP contribution is -2.28. The number of carbonyl (C=O) groups is 3. The van der Waals surface area contributed by atoms with Crippen LogP contribution in [0.4, 0.5) is 16.3 Å². The molecular formula is C23H24N6O4. The Morgan fingerprint density at radius 2 is 1.85 bits per heavy atom. The number of fused-ring (bicyclic) bond motifs is 1. The molecule has 0 spiro atoms. The van der Waals surface area contributed by atoms with Crippen molar-refractivity contribution in [2.24, 2.45) is 0 Å². The lowest BCUT2D eigenvalue weighted by Gasteiger charge is -2.16. The van der Waals surface area contributed by atoms with E-state index in [2.05, 4.69) is 15.4 Å². The Labute approximate surface area is 190 Å². The van der Waals surface area contributed by atoms with Gasteiger partial charge in [0.1, 0.15) is 0 Å². The lowest BCUT2D eigenvalue weighted by molar-refractivity contribution is 0.0746. The van der Waals surface area contributed by atoms with Crippen LogP contribution in [0.2, 0.25) is 0 Å². The smallest absolute Gasteiger partial charge is 0.435 e. The fraction of sp³-hybridized carbons (Fsp3) is 0.261. The first kappa shape index (κ1) is 22.0. The second-order valence-electron chi connectivity index (χ2n) is 7.68. The Balaban J connectivity index is 1.61. The summed E-state index contributed by atoms with van der Waals surface area (Å²) in [4.78, 5) is 45.7. The van der Waals surface area contributed by atoms with Crippen LogP contribution in [0, 0.1) is 0 Å². The monoisotopic (exact) mass is 448 g/mol. The van der Waals surface area contributed by atoms with Crippen LogP contribution in [0.3, 0.4) is 0 Å². The van der Waals surface area contributed by atoms with Gasteiger partial charge < -0.3 is 19.9 Å². The maximum Gasteiger partial charge on any atom is 0.435 e. The number of hydrogen-bond acceptors (Lipinski definition) is 7. The number of benzene rings is 1. The number of anilines is 2. The summed E-state index contributed by atoms with van der Waals surface area (Å²) in [5.41, 5.74) is 2.94. The van der Waals surface area contributed by atoms with E-state index in [-0.39, 0.29) is 37.3 Å². The molecule has 170 valence electrons. The van der Waals surface area contributed by atoms with Crippen LogP contribution in [-0.4, -0.2) is 58.3 Å². The molecule has 0 saturated carbocycles. The third kappa shape index (κ3) is 4.40. The number of aromatic nitrogens is 3. The Morgan fingerprint density at radius 1 is 1.09 bits per heavy atom. The quantitative estimate of drug-likeness (QED) is 0.639. The highest BCUT2D eigenvalue weighted by molar-refractivity contribution is 6.04. The molecule has 10 nitrogen and oxygen atoms in total. The van der Waals surface area contributed by atoms with Gasteiger partial charge in [0.2, 0.25) is 0 Å². The highest BCUT2D eigenvalue weighted by Crippen LogP contribution is 2.31. The lowest BCUT2D eigenvalue weighted by atomic mass is 10.2. The molecule has 4 rings (SSSR count). The molecule has 0 unspecified atom stereocenters. The van der Waals surface area contributed by atoms with E-state index >= 15 is 0 Å². The number of carbonyl (C=O) groups excluding carboxylic acids is 3. The zero-order chi connectivity index (χ0) is 23.5. The maximum absolute atomic E-state index is 12.9. The van der Waals surface area contributed by atoms with Gasteiger partial charge in [-0.15, -0.1) is 5.10 Å². The molecule has 0 aliphatic carbocycles.